The van der Waals surface area contributed by atoms with Crippen molar-refractivity contribution in [1.29, 1.82) is 0 Å². The summed E-state index contributed by atoms with van der Waals surface area (Å²) in [5.74, 6) is 0.988. The zero-order valence-corrected chi connectivity index (χ0v) is 13.3. The minimum absolute atomic E-state index is 0.127. The number of benzene rings is 1. The molecule has 2 rings (SSSR count). The summed E-state index contributed by atoms with van der Waals surface area (Å²) in [7, 11) is 1.77. The van der Waals surface area contributed by atoms with E-state index < -0.39 is 5.97 Å². The minimum atomic E-state index is -1.03. The van der Waals surface area contributed by atoms with Crippen molar-refractivity contribution < 1.29 is 14.7 Å². The molecule has 1 aliphatic rings. The molecular weight excluding hydrogens is 344 g/mol. The molecule has 1 unspecified atom stereocenters. The standard InChI is InChI=1S/C13H15BrN2O3S/c1-16(9-4-5-20-7-9)13(19)15-8-2-3-11(14)10(6-8)12(17)18/h2-3,6,9H,4-5,7H2,1H3,(H,15,19)(H,17,18). The predicted molar refractivity (Wildman–Crippen MR) is 83.6 cm³/mol. The van der Waals surface area contributed by atoms with Gasteiger partial charge in [0, 0.05) is 29.0 Å². The molecule has 1 fully saturated rings. The van der Waals surface area contributed by atoms with E-state index in [2.05, 4.69) is 21.2 Å². The molecule has 0 spiro atoms. The maximum atomic E-state index is 12.1. The van der Waals surface area contributed by atoms with Gasteiger partial charge in [0.25, 0.3) is 0 Å². The Hall–Kier alpha value is -1.21. The largest absolute Gasteiger partial charge is 0.478 e. The first-order valence-electron chi connectivity index (χ1n) is 6.13. The summed E-state index contributed by atoms with van der Waals surface area (Å²) in [6.45, 7) is 0. The van der Waals surface area contributed by atoms with E-state index in [-0.39, 0.29) is 17.6 Å². The minimum Gasteiger partial charge on any atom is -0.478 e. The van der Waals surface area contributed by atoms with E-state index in [9.17, 15) is 9.59 Å². The lowest BCUT2D eigenvalue weighted by Crippen LogP contribution is -2.39. The first-order valence-corrected chi connectivity index (χ1v) is 8.08. The third kappa shape index (κ3) is 3.46. The van der Waals surface area contributed by atoms with Crippen molar-refractivity contribution in [3.05, 3.63) is 28.2 Å². The zero-order chi connectivity index (χ0) is 14.7. The Balaban J connectivity index is 2.07. The Morgan fingerprint density at radius 1 is 1.50 bits per heavy atom. The number of halogens is 1. The van der Waals surface area contributed by atoms with Crippen LogP contribution in [0, 0.1) is 0 Å². The molecule has 1 aromatic carbocycles. The molecule has 1 heterocycles. The van der Waals surface area contributed by atoms with Crippen LogP contribution in [0.15, 0.2) is 22.7 Å². The average Bonchev–Trinajstić information content (AvgIpc) is 2.93. The molecule has 0 aliphatic carbocycles. The molecule has 7 heteroatoms. The van der Waals surface area contributed by atoms with Gasteiger partial charge in [-0.1, -0.05) is 0 Å². The Bertz CT molecular complexity index is 532. The summed E-state index contributed by atoms with van der Waals surface area (Å²) in [4.78, 5) is 24.8. The molecule has 0 bridgehead atoms. The number of carbonyl (C=O) groups excluding carboxylic acids is 1. The molecule has 0 aromatic heterocycles. The predicted octanol–water partition coefficient (Wildman–Crippen LogP) is 3.12. The molecular formula is C13H15BrN2O3S. The van der Waals surface area contributed by atoms with Gasteiger partial charge >= 0.3 is 12.0 Å². The summed E-state index contributed by atoms with van der Waals surface area (Å²) >= 11 is 5.01. The first-order chi connectivity index (χ1) is 9.49. The number of thioether (sulfide) groups is 1. The van der Waals surface area contributed by atoms with E-state index in [1.807, 2.05) is 11.8 Å². The van der Waals surface area contributed by atoms with Gasteiger partial charge in [-0.2, -0.15) is 11.8 Å². The Kier molecular flexibility index (Phi) is 4.93. The average molecular weight is 359 g/mol. The molecule has 5 nitrogen and oxygen atoms in total. The lowest BCUT2D eigenvalue weighted by atomic mass is 10.2. The van der Waals surface area contributed by atoms with Gasteiger partial charge in [-0.15, -0.1) is 0 Å². The number of hydrogen-bond acceptors (Lipinski definition) is 3. The fraction of sp³-hybridized carbons (Fsp3) is 0.385. The highest BCUT2D eigenvalue weighted by Crippen LogP contribution is 2.24. The number of urea groups is 1. The molecule has 1 atom stereocenters. The van der Waals surface area contributed by atoms with Crippen LogP contribution in [0.4, 0.5) is 10.5 Å². The van der Waals surface area contributed by atoms with Crippen LogP contribution in [0.25, 0.3) is 0 Å². The molecule has 0 radical (unpaired) electrons. The van der Waals surface area contributed by atoms with E-state index in [4.69, 9.17) is 5.11 Å². The van der Waals surface area contributed by atoms with Gasteiger partial charge in [0.15, 0.2) is 0 Å². The van der Waals surface area contributed by atoms with Crippen molar-refractivity contribution in [3.8, 4) is 0 Å². The second-order valence-corrected chi connectivity index (χ2v) is 6.56. The quantitative estimate of drug-likeness (QED) is 0.870. The number of amides is 2. The lowest BCUT2D eigenvalue weighted by molar-refractivity contribution is 0.0696. The summed E-state index contributed by atoms with van der Waals surface area (Å²) in [5.41, 5.74) is 0.606. The summed E-state index contributed by atoms with van der Waals surface area (Å²) in [6.07, 6.45) is 0.995. The molecule has 20 heavy (non-hydrogen) atoms. The van der Waals surface area contributed by atoms with Crippen molar-refractivity contribution >= 4 is 45.4 Å². The summed E-state index contributed by atoms with van der Waals surface area (Å²) in [6, 6.07) is 4.77. The fourth-order valence-electron chi connectivity index (χ4n) is 1.97. The SMILES string of the molecule is CN(C(=O)Nc1ccc(Br)c(C(=O)O)c1)C1CCSC1. The fourth-order valence-corrected chi connectivity index (χ4v) is 3.66. The molecule has 1 aromatic rings. The van der Waals surface area contributed by atoms with Crippen LogP contribution >= 0.6 is 27.7 Å². The van der Waals surface area contributed by atoms with Gasteiger partial charge in [0.1, 0.15) is 0 Å². The van der Waals surface area contributed by atoms with Crippen LogP contribution in [0.5, 0.6) is 0 Å². The number of carboxylic acids is 1. The van der Waals surface area contributed by atoms with Gasteiger partial charge in [0.05, 0.1) is 5.56 Å². The van der Waals surface area contributed by atoms with E-state index in [1.54, 1.807) is 24.1 Å². The van der Waals surface area contributed by atoms with E-state index in [1.165, 1.54) is 6.07 Å². The van der Waals surface area contributed by atoms with Crippen LogP contribution in [0.3, 0.4) is 0 Å². The number of carbonyl (C=O) groups is 2. The highest BCUT2D eigenvalue weighted by atomic mass is 79.9. The van der Waals surface area contributed by atoms with Crippen molar-refractivity contribution in [1.82, 2.24) is 4.90 Å². The first kappa shape index (κ1) is 15.2. The van der Waals surface area contributed by atoms with Crippen molar-refractivity contribution in [3.63, 3.8) is 0 Å². The Labute approximate surface area is 129 Å². The Morgan fingerprint density at radius 2 is 2.25 bits per heavy atom. The molecule has 2 amide bonds. The highest BCUT2D eigenvalue weighted by Gasteiger charge is 2.24. The second kappa shape index (κ2) is 6.49. The van der Waals surface area contributed by atoms with E-state index in [0.29, 0.717) is 10.2 Å². The van der Waals surface area contributed by atoms with Crippen molar-refractivity contribution in [2.75, 3.05) is 23.9 Å². The normalized spacial score (nSPS) is 17.8. The number of rotatable bonds is 3. The molecule has 2 N–H and O–H groups in total. The lowest BCUT2D eigenvalue weighted by Gasteiger charge is -2.24. The molecule has 1 saturated heterocycles. The number of nitrogens with one attached hydrogen (secondary N) is 1. The number of aromatic carboxylic acids is 1. The van der Waals surface area contributed by atoms with Crippen LogP contribution in [-0.2, 0) is 0 Å². The smallest absolute Gasteiger partial charge is 0.336 e. The van der Waals surface area contributed by atoms with Crippen LogP contribution in [-0.4, -0.2) is 46.6 Å². The molecule has 1 aliphatic heterocycles. The summed E-state index contributed by atoms with van der Waals surface area (Å²) < 4.78 is 0.489. The number of nitrogens with zero attached hydrogens (tertiary/aromatic N) is 1. The van der Waals surface area contributed by atoms with Gasteiger partial charge in [-0.25, -0.2) is 9.59 Å². The number of hydrogen-bond donors (Lipinski definition) is 2. The van der Waals surface area contributed by atoms with Crippen LogP contribution in [0.1, 0.15) is 16.8 Å². The van der Waals surface area contributed by atoms with Gasteiger partial charge < -0.3 is 15.3 Å². The maximum absolute atomic E-state index is 12.1. The Morgan fingerprint density at radius 3 is 2.85 bits per heavy atom. The van der Waals surface area contributed by atoms with Gasteiger partial charge in [-0.3, -0.25) is 0 Å². The third-order valence-electron chi connectivity index (χ3n) is 3.22. The van der Waals surface area contributed by atoms with E-state index in [0.717, 1.165) is 17.9 Å². The van der Waals surface area contributed by atoms with E-state index >= 15 is 0 Å². The second-order valence-electron chi connectivity index (χ2n) is 4.56. The topological polar surface area (TPSA) is 69.6 Å². The zero-order valence-electron chi connectivity index (χ0n) is 10.9. The number of carboxylic acid groups (broad SMARTS) is 1. The highest BCUT2D eigenvalue weighted by molar-refractivity contribution is 9.10. The van der Waals surface area contributed by atoms with Crippen molar-refractivity contribution in [2.24, 2.45) is 0 Å². The molecule has 108 valence electrons. The maximum Gasteiger partial charge on any atom is 0.336 e. The van der Waals surface area contributed by atoms with Gasteiger partial charge in [0.2, 0.25) is 0 Å². The summed E-state index contributed by atoms with van der Waals surface area (Å²) in [5, 5.41) is 11.8. The third-order valence-corrected chi connectivity index (χ3v) is 5.06. The van der Waals surface area contributed by atoms with Gasteiger partial charge in [-0.05, 0) is 46.3 Å². The molecule has 0 saturated carbocycles. The monoisotopic (exact) mass is 358 g/mol. The van der Waals surface area contributed by atoms with Crippen LogP contribution in [0.2, 0.25) is 0 Å². The van der Waals surface area contributed by atoms with Crippen LogP contribution < -0.4 is 5.32 Å². The van der Waals surface area contributed by atoms with Crippen molar-refractivity contribution in [2.45, 2.75) is 12.5 Å². The number of anilines is 1.